The number of ether oxygens (including phenoxy) is 1. The van der Waals surface area contributed by atoms with Gasteiger partial charge in [0.1, 0.15) is 6.04 Å². The number of alkyl halides is 4. The van der Waals surface area contributed by atoms with E-state index in [1.54, 1.807) is 6.92 Å². The second-order valence-corrected chi connectivity index (χ2v) is 3.11. The van der Waals surface area contributed by atoms with Crippen LogP contribution in [0.3, 0.4) is 0 Å². The minimum Gasteiger partial charge on any atom is -0.465 e. The highest BCUT2D eigenvalue weighted by atomic mass is 35.5. The summed E-state index contributed by atoms with van der Waals surface area (Å²) in [7, 11) is 0. The van der Waals surface area contributed by atoms with Crippen LogP contribution in [0, 0.1) is 0 Å². The Bertz CT molecular complexity index is 198. The zero-order valence-electron chi connectivity index (χ0n) is 7.47. The van der Waals surface area contributed by atoms with Crippen molar-refractivity contribution in [2.75, 3.05) is 6.61 Å². The molecule has 7 heteroatoms. The molecule has 14 heavy (non-hydrogen) atoms. The van der Waals surface area contributed by atoms with Gasteiger partial charge in [-0.1, -0.05) is 6.92 Å². The van der Waals surface area contributed by atoms with Gasteiger partial charge in [0, 0.05) is 0 Å². The molecular formula is C7H11ClF3NO2. The van der Waals surface area contributed by atoms with Crippen LogP contribution in [0.25, 0.3) is 0 Å². The molecule has 0 radical (unpaired) electrons. The predicted molar refractivity (Wildman–Crippen MR) is 44.9 cm³/mol. The van der Waals surface area contributed by atoms with Crippen molar-refractivity contribution in [3.05, 3.63) is 0 Å². The van der Waals surface area contributed by atoms with Crippen LogP contribution in [0.2, 0.25) is 0 Å². The summed E-state index contributed by atoms with van der Waals surface area (Å²) >= 11 is 5.18. The number of nitrogens with two attached hydrogens (primary N) is 1. The Morgan fingerprint density at radius 1 is 1.57 bits per heavy atom. The van der Waals surface area contributed by atoms with Gasteiger partial charge >= 0.3 is 12.1 Å². The molecule has 0 saturated carbocycles. The maximum absolute atomic E-state index is 12.0. The number of halogens is 4. The fourth-order valence-electron chi connectivity index (χ4n) is 0.595. The Labute approximate surface area is 84.3 Å². The third-order valence-electron chi connectivity index (χ3n) is 1.37. The minimum atomic E-state index is -4.70. The molecule has 2 N–H and O–H groups in total. The molecule has 0 bridgehead atoms. The van der Waals surface area contributed by atoms with Crippen molar-refractivity contribution in [3.8, 4) is 0 Å². The molecule has 3 nitrogen and oxygen atoms in total. The molecule has 0 aliphatic heterocycles. The van der Waals surface area contributed by atoms with Gasteiger partial charge in [0.15, 0.2) is 5.38 Å². The molecule has 2 atom stereocenters. The molecule has 0 saturated heterocycles. The summed E-state index contributed by atoms with van der Waals surface area (Å²) in [6.45, 7) is 1.74. The zero-order valence-corrected chi connectivity index (χ0v) is 8.23. The monoisotopic (exact) mass is 233 g/mol. The third-order valence-corrected chi connectivity index (χ3v) is 1.82. The van der Waals surface area contributed by atoms with E-state index in [2.05, 4.69) is 4.74 Å². The summed E-state index contributed by atoms with van der Waals surface area (Å²) in [5, 5.41) is -1.89. The predicted octanol–water partition coefficient (Wildman–Crippen LogP) is 1.44. The van der Waals surface area contributed by atoms with Gasteiger partial charge in [0.05, 0.1) is 6.61 Å². The van der Waals surface area contributed by atoms with Crippen LogP contribution in [0.15, 0.2) is 0 Å². The van der Waals surface area contributed by atoms with E-state index in [9.17, 15) is 18.0 Å². The number of esters is 1. The fourth-order valence-corrected chi connectivity index (χ4v) is 0.801. The first-order valence-corrected chi connectivity index (χ1v) is 4.37. The Morgan fingerprint density at radius 2 is 2.07 bits per heavy atom. The van der Waals surface area contributed by atoms with Gasteiger partial charge in [-0.2, -0.15) is 13.2 Å². The van der Waals surface area contributed by atoms with Gasteiger partial charge in [-0.05, 0) is 6.42 Å². The molecule has 0 fully saturated rings. The Hall–Kier alpha value is -0.490. The summed E-state index contributed by atoms with van der Waals surface area (Å²) < 4.78 is 40.3. The maximum Gasteiger partial charge on any atom is 0.405 e. The van der Waals surface area contributed by atoms with Crippen LogP contribution in [0.4, 0.5) is 13.2 Å². The van der Waals surface area contributed by atoms with Crippen LogP contribution in [-0.4, -0.2) is 30.2 Å². The van der Waals surface area contributed by atoms with E-state index in [4.69, 9.17) is 17.3 Å². The Kier molecular flexibility index (Phi) is 5.22. The average molecular weight is 234 g/mol. The highest BCUT2D eigenvalue weighted by molar-refractivity contribution is 6.30. The van der Waals surface area contributed by atoms with Crippen molar-refractivity contribution in [3.63, 3.8) is 0 Å². The lowest BCUT2D eigenvalue weighted by Gasteiger charge is -2.19. The van der Waals surface area contributed by atoms with Crippen molar-refractivity contribution >= 4 is 17.6 Å². The van der Waals surface area contributed by atoms with Gasteiger partial charge in [0.25, 0.3) is 0 Å². The zero-order chi connectivity index (χ0) is 11.4. The normalized spacial score (nSPS) is 16.1. The van der Waals surface area contributed by atoms with Crippen LogP contribution < -0.4 is 5.73 Å². The number of rotatable bonds is 4. The first-order chi connectivity index (χ1) is 6.30. The second kappa shape index (κ2) is 5.41. The molecule has 0 aromatic heterocycles. The molecule has 0 heterocycles. The van der Waals surface area contributed by atoms with E-state index in [1.165, 1.54) is 0 Å². The molecular weight excluding hydrogens is 223 g/mol. The topological polar surface area (TPSA) is 52.3 Å². The van der Waals surface area contributed by atoms with Gasteiger partial charge in [-0.15, -0.1) is 11.6 Å². The maximum atomic E-state index is 12.0. The number of hydrogen-bond acceptors (Lipinski definition) is 3. The highest BCUT2D eigenvalue weighted by Gasteiger charge is 2.44. The largest absolute Gasteiger partial charge is 0.465 e. The number of hydrogen-bond donors (Lipinski definition) is 1. The van der Waals surface area contributed by atoms with E-state index >= 15 is 0 Å². The average Bonchev–Trinajstić information content (AvgIpc) is 2.10. The molecule has 0 amide bonds. The Balaban J connectivity index is 4.18. The van der Waals surface area contributed by atoms with Crippen molar-refractivity contribution in [2.24, 2.45) is 5.73 Å². The molecule has 0 rings (SSSR count). The van der Waals surface area contributed by atoms with Gasteiger partial charge in [-0.3, -0.25) is 4.79 Å². The van der Waals surface area contributed by atoms with Gasteiger partial charge in [-0.25, -0.2) is 0 Å². The lowest BCUT2D eigenvalue weighted by Crippen LogP contribution is -2.48. The van der Waals surface area contributed by atoms with E-state index < -0.39 is 23.6 Å². The second-order valence-electron chi connectivity index (χ2n) is 2.64. The molecule has 0 aliphatic rings. The smallest absolute Gasteiger partial charge is 0.405 e. The highest BCUT2D eigenvalue weighted by Crippen LogP contribution is 2.23. The van der Waals surface area contributed by atoms with Crippen LogP contribution in [-0.2, 0) is 9.53 Å². The molecule has 0 aromatic carbocycles. The molecule has 0 unspecified atom stereocenters. The first kappa shape index (κ1) is 13.5. The first-order valence-electron chi connectivity index (χ1n) is 3.93. The summed E-state index contributed by atoms with van der Waals surface area (Å²) in [6.07, 6.45) is -4.19. The Morgan fingerprint density at radius 3 is 2.43 bits per heavy atom. The van der Waals surface area contributed by atoms with Crippen LogP contribution >= 0.6 is 11.6 Å². The number of carbonyl (C=O) groups excluding carboxylic acids is 1. The van der Waals surface area contributed by atoms with Gasteiger partial charge < -0.3 is 10.5 Å². The van der Waals surface area contributed by atoms with E-state index in [1.807, 2.05) is 0 Å². The lowest BCUT2D eigenvalue weighted by molar-refractivity contribution is -0.163. The molecule has 84 valence electrons. The molecule has 0 aromatic rings. The van der Waals surface area contributed by atoms with E-state index in [0.29, 0.717) is 6.42 Å². The van der Waals surface area contributed by atoms with Gasteiger partial charge in [0.2, 0.25) is 0 Å². The van der Waals surface area contributed by atoms with E-state index in [-0.39, 0.29) is 6.61 Å². The lowest BCUT2D eigenvalue weighted by atomic mass is 10.2. The third kappa shape index (κ3) is 4.15. The quantitative estimate of drug-likeness (QED) is 0.591. The van der Waals surface area contributed by atoms with Crippen LogP contribution in [0.5, 0.6) is 0 Å². The summed E-state index contributed by atoms with van der Waals surface area (Å²) in [5.74, 6) is -1.14. The summed E-state index contributed by atoms with van der Waals surface area (Å²) in [4.78, 5) is 10.9. The van der Waals surface area contributed by atoms with Crippen molar-refractivity contribution in [1.29, 1.82) is 0 Å². The summed E-state index contributed by atoms with van der Waals surface area (Å²) in [5.41, 5.74) is 4.71. The van der Waals surface area contributed by atoms with Crippen molar-refractivity contribution < 1.29 is 22.7 Å². The molecule has 0 spiro atoms. The minimum absolute atomic E-state index is 0.0344. The van der Waals surface area contributed by atoms with E-state index in [0.717, 1.165) is 0 Å². The standard InChI is InChI=1S/C7H11ClF3NO2/c1-2-3-14-6(13)4(8)5(12)7(9,10)11/h4-5H,2-3,12H2,1H3/t4-,5+/m1/s1. The summed E-state index contributed by atoms with van der Waals surface area (Å²) in [6, 6.07) is -2.39. The van der Waals surface area contributed by atoms with Crippen molar-refractivity contribution in [2.45, 2.75) is 30.9 Å². The SMILES string of the molecule is CCCOC(=O)[C@H](Cl)[C@H](N)C(F)(F)F. The molecule has 0 aliphatic carbocycles. The van der Waals surface area contributed by atoms with Crippen LogP contribution in [0.1, 0.15) is 13.3 Å². The number of carbonyl (C=O) groups is 1. The van der Waals surface area contributed by atoms with Crippen molar-refractivity contribution in [1.82, 2.24) is 0 Å². The fraction of sp³-hybridized carbons (Fsp3) is 0.857.